The predicted octanol–water partition coefficient (Wildman–Crippen LogP) is 2.87. The third-order valence-corrected chi connectivity index (χ3v) is 6.42. The molecule has 2 aromatic rings. The molecule has 31 heavy (non-hydrogen) atoms. The third-order valence-electron chi connectivity index (χ3n) is 6.42. The van der Waals surface area contributed by atoms with Crippen LogP contribution in [0.3, 0.4) is 0 Å². The van der Waals surface area contributed by atoms with Gasteiger partial charge in [0.15, 0.2) is 0 Å². The van der Waals surface area contributed by atoms with Crippen molar-refractivity contribution in [1.29, 1.82) is 0 Å². The van der Waals surface area contributed by atoms with E-state index in [0.717, 1.165) is 43.6 Å². The van der Waals surface area contributed by atoms with Crippen molar-refractivity contribution in [3.05, 3.63) is 53.3 Å². The van der Waals surface area contributed by atoms with Crippen LogP contribution in [0.15, 0.2) is 36.7 Å². The highest BCUT2D eigenvalue weighted by Crippen LogP contribution is 2.25. The number of carbonyl (C=O) groups excluding carboxylic acids is 2. The molecule has 2 fully saturated rings. The Morgan fingerprint density at radius 3 is 2.55 bits per heavy atom. The van der Waals surface area contributed by atoms with E-state index in [0.29, 0.717) is 31.5 Å². The maximum absolute atomic E-state index is 12.8. The molecule has 1 atom stereocenters. The first-order valence-electron chi connectivity index (χ1n) is 11.0. The highest BCUT2D eigenvalue weighted by molar-refractivity contribution is 5.94. The van der Waals surface area contributed by atoms with Crippen LogP contribution in [-0.4, -0.2) is 64.4 Å². The quantitative estimate of drug-likeness (QED) is 0.716. The van der Waals surface area contributed by atoms with Crippen molar-refractivity contribution in [3.63, 3.8) is 0 Å². The van der Waals surface area contributed by atoms with Crippen molar-refractivity contribution in [2.24, 2.45) is 11.8 Å². The van der Waals surface area contributed by atoms with Crippen molar-refractivity contribution in [3.8, 4) is 6.01 Å². The molecule has 7 nitrogen and oxygen atoms in total. The molecule has 0 spiro atoms. The van der Waals surface area contributed by atoms with Gasteiger partial charge in [0, 0.05) is 56.5 Å². The largest absolute Gasteiger partial charge is 0.463 e. The summed E-state index contributed by atoms with van der Waals surface area (Å²) in [7, 11) is 0. The fourth-order valence-electron chi connectivity index (χ4n) is 4.38. The van der Waals surface area contributed by atoms with E-state index in [1.165, 1.54) is 5.56 Å². The van der Waals surface area contributed by atoms with E-state index in [-0.39, 0.29) is 17.7 Å². The van der Waals surface area contributed by atoms with E-state index in [9.17, 15) is 9.59 Å². The lowest BCUT2D eigenvalue weighted by Gasteiger charge is -2.34. The van der Waals surface area contributed by atoms with Gasteiger partial charge in [-0.3, -0.25) is 9.59 Å². The topological polar surface area (TPSA) is 75.6 Å². The highest BCUT2D eigenvalue weighted by atomic mass is 16.5. The van der Waals surface area contributed by atoms with Gasteiger partial charge in [-0.15, -0.1) is 0 Å². The van der Waals surface area contributed by atoms with E-state index in [4.69, 9.17) is 4.74 Å². The van der Waals surface area contributed by atoms with Crippen LogP contribution in [0.1, 0.15) is 40.7 Å². The summed E-state index contributed by atoms with van der Waals surface area (Å²) in [5, 5.41) is 0. The molecule has 0 N–H and O–H groups in total. The average molecular weight is 423 g/mol. The summed E-state index contributed by atoms with van der Waals surface area (Å²) in [6, 6.07) is 8.01. The summed E-state index contributed by atoms with van der Waals surface area (Å²) in [6.45, 7) is 7.52. The van der Waals surface area contributed by atoms with Crippen LogP contribution in [0, 0.1) is 25.7 Å². The Hall–Kier alpha value is -2.96. The van der Waals surface area contributed by atoms with Crippen molar-refractivity contribution in [2.45, 2.75) is 33.1 Å². The molecule has 2 aliphatic rings. The van der Waals surface area contributed by atoms with E-state index in [1.54, 1.807) is 18.5 Å². The highest BCUT2D eigenvalue weighted by Gasteiger charge is 2.33. The molecule has 2 amide bonds. The molecule has 1 aromatic carbocycles. The fourth-order valence-corrected chi connectivity index (χ4v) is 4.38. The lowest BCUT2D eigenvalue weighted by Crippen LogP contribution is -2.42. The standard InChI is InChI=1S/C24H30N4O3/c1-17-4-5-21(12-18(17)2)23(30)27-10-6-19(7-11-27)14-28-15-20(13-22(28)29)16-31-24-25-8-3-9-26-24/h3-5,8-9,12,19-20H,6-7,10-11,13-16H2,1-2H3. The molecule has 2 aliphatic heterocycles. The minimum absolute atomic E-state index is 0.110. The molecule has 7 heteroatoms. The summed E-state index contributed by atoms with van der Waals surface area (Å²) in [4.78, 5) is 37.3. The van der Waals surface area contributed by atoms with Gasteiger partial charge >= 0.3 is 6.01 Å². The average Bonchev–Trinajstić information content (AvgIpc) is 3.14. The number of hydrogen-bond donors (Lipinski definition) is 0. The number of ether oxygens (including phenoxy) is 1. The Balaban J connectivity index is 1.23. The van der Waals surface area contributed by atoms with Crippen LogP contribution in [0.5, 0.6) is 6.01 Å². The van der Waals surface area contributed by atoms with Crippen molar-refractivity contribution >= 4 is 11.8 Å². The van der Waals surface area contributed by atoms with Gasteiger partial charge in [-0.2, -0.15) is 0 Å². The molecule has 1 unspecified atom stereocenters. The van der Waals surface area contributed by atoms with E-state index in [2.05, 4.69) is 16.9 Å². The lowest BCUT2D eigenvalue weighted by atomic mass is 9.95. The first kappa shape index (κ1) is 21.3. The van der Waals surface area contributed by atoms with Gasteiger partial charge in [0.05, 0.1) is 6.61 Å². The van der Waals surface area contributed by atoms with Crippen LogP contribution in [-0.2, 0) is 4.79 Å². The number of amides is 2. The van der Waals surface area contributed by atoms with Crippen LogP contribution in [0.25, 0.3) is 0 Å². The molecule has 0 radical (unpaired) electrons. The minimum Gasteiger partial charge on any atom is -0.463 e. The van der Waals surface area contributed by atoms with Crippen LogP contribution >= 0.6 is 0 Å². The van der Waals surface area contributed by atoms with Crippen molar-refractivity contribution in [1.82, 2.24) is 19.8 Å². The van der Waals surface area contributed by atoms with Gasteiger partial charge in [-0.25, -0.2) is 9.97 Å². The summed E-state index contributed by atoms with van der Waals surface area (Å²) in [5.74, 6) is 0.906. The molecule has 0 aliphatic carbocycles. The Morgan fingerprint density at radius 1 is 1.10 bits per heavy atom. The van der Waals surface area contributed by atoms with Gasteiger partial charge in [0.2, 0.25) is 5.91 Å². The zero-order valence-electron chi connectivity index (χ0n) is 18.3. The van der Waals surface area contributed by atoms with Crippen LogP contribution < -0.4 is 4.74 Å². The molecule has 164 valence electrons. The normalized spacial score (nSPS) is 19.7. The summed E-state index contributed by atoms with van der Waals surface area (Å²) in [6.07, 6.45) is 5.66. The van der Waals surface area contributed by atoms with E-state index < -0.39 is 0 Å². The summed E-state index contributed by atoms with van der Waals surface area (Å²) < 4.78 is 5.63. The second kappa shape index (κ2) is 9.45. The Bertz CT molecular complexity index is 926. The number of aryl methyl sites for hydroxylation is 2. The van der Waals surface area contributed by atoms with Crippen molar-refractivity contribution in [2.75, 3.05) is 32.8 Å². The Labute approximate surface area is 183 Å². The van der Waals surface area contributed by atoms with E-state index >= 15 is 0 Å². The van der Waals surface area contributed by atoms with Gasteiger partial charge < -0.3 is 14.5 Å². The first-order chi connectivity index (χ1) is 15.0. The number of likely N-dealkylation sites (tertiary alicyclic amines) is 2. The number of nitrogens with zero attached hydrogens (tertiary/aromatic N) is 4. The fraction of sp³-hybridized carbons (Fsp3) is 0.500. The van der Waals surface area contributed by atoms with Gasteiger partial charge in [0.1, 0.15) is 0 Å². The summed E-state index contributed by atoms with van der Waals surface area (Å²) >= 11 is 0. The van der Waals surface area contributed by atoms with Crippen molar-refractivity contribution < 1.29 is 14.3 Å². The zero-order valence-corrected chi connectivity index (χ0v) is 18.3. The molecular weight excluding hydrogens is 392 g/mol. The zero-order chi connectivity index (χ0) is 21.8. The number of piperidine rings is 1. The van der Waals surface area contributed by atoms with Crippen LogP contribution in [0.4, 0.5) is 0 Å². The smallest absolute Gasteiger partial charge is 0.316 e. The second-order valence-corrected chi connectivity index (χ2v) is 8.75. The maximum Gasteiger partial charge on any atom is 0.316 e. The summed E-state index contributed by atoms with van der Waals surface area (Å²) in [5.41, 5.74) is 3.11. The molecule has 1 aromatic heterocycles. The van der Waals surface area contributed by atoms with Crippen LogP contribution in [0.2, 0.25) is 0 Å². The Morgan fingerprint density at radius 2 is 1.84 bits per heavy atom. The molecule has 2 saturated heterocycles. The van der Waals surface area contributed by atoms with Gasteiger partial charge in [-0.05, 0) is 61.9 Å². The minimum atomic E-state index is 0.110. The Kier molecular flexibility index (Phi) is 6.49. The number of aromatic nitrogens is 2. The lowest BCUT2D eigenvalue weighted by molar-refractivity contribution is -0.128. The molecule has 0 saturated carbocycles. The SMILES string of the molecule is Cc1ccc(C(=O)N2CCC(CN3CC(COc4ncccn4)CC3=O)CC2)cc1C. The molecule has 0 bridgehead atoms. The molecule has 4 rings (SSSR count). The monoisotopic (exact) mass is 422 g/mol. The second-order valence-electron chi connectivity index (χ2n) is 8.75. The molecular formula is C24H30N4O3. The third kappa shape index (κ3) is 5.21. The van der Waals surface area contributed by atoms with E-state index in [1.807, 2.05) is 34.9 Å². The maximum atomic E-state index is 12.8. The number of hydrogen-bond acceptors (Lipinski definition) is 5. The number of carbonyl (C=O) groups is 2. The van der Waals surface area contributed by atoms with Gasteiger partial charge in [0.25, 0.3) is 5.91 Å². The number of rotatable bonds is 6. The number of benzene rings is 1. The predicted molar refractivity (Wildman–Crippen MR) is 117 cm³/mol. The van der Waals surface area contributed by atoms with Gasteiger partial charge in [-0.1, -0.05) is 6.07 Å². The molecule has 3 heterocycles. The first-order valence-corrected chi connectivity index (χ1v) is 11.0.